The number of fused-ring (bicyclic) bond motifs is 1. The van der Waals surface area contributed by atoms with Gasteiger partial charge in [-0.05, 0) is 76.0 Å². The van der Waals surface area contributed by atoms with Crippen molar-refractivity contribution in [3.8, 4) is 0 Å². The molecular weight excluding hydrogens is 416 g/mol. The van der Waals surface area contributed by atoms with Gasteiger partial charge in [-0.25, -0.2) is 0 Å². The molecule has 3 aliphatic rings. The molecule has 0 amide bonds. The highest BCUT2D eigenvalue weighted by Crippen LogP contribution is 2.52. The summed E-state index contributed by atoms with van der Waals surface area (Å²) >= 11 is 0. The van der Waals surface area contributed by atoms with Crippen molar-refractivity contribution in [3.63, 3.8) is 0 Å². The first kappa shape index (κ1) is 26.0. The standard InChI is InChI=1S/C28H44O5/c1-7-13-28(6)16-19-10-9-18(3)22(12-11-21-14-20(29)15-24(30)32-21)25(19)23(17-28)33-26(31)27(4,5)8-2/h7,9-10,13,18-23,25,29H,8,11-12,14-17H2,1-6H3/b13-7+/t18-,19-,20+,21+,22-,23-,25+,28-/m0/s1. The van der Waals surface area contributed by atoms with Crippen LogP contribution in [0.3, 0.4) is 0 Å². The van der Waals surface area contributed by atoms with E-state index in [1.807, 2.05) is 20.8 Å². The Morgan fingerprint density at radius 3 is 2.67 bits per heavy atom. The predicted molar refractivity (Wildman–Crippen MR) is 129 cm³/mol. The van der Waals surface area contributed by atoms with E-state index in [1.54, 1.807) is 0 Å². The predicted octanol–water partition coefficient (Wildman–Crippen LogP) is 5.61. The Labute approximate surface area is 200 Å². The number of carbonyl (C=O) groups excluding carboxylic acids is 2. The second kappa shape index (κ2) is 10.3. The molecule has 1 N–H and O–H groups in total. The summed E-state index contributed by atoms with van der Waals surface area (Å²) in [6.07, 6.45) is 13.0. The lowest BCUT2D eigenvalue weighted by molar-refractivity contribution is -0.172. The summed E-state index contributed by atoms with van der Waals surface area (Å²) in [6.45, 7) is 12.5. The van der Waals surface area contributed by atoms with E-state index in [0.717, 1.165) is 32.1 Å². The molecule has 5 heteroatoms. The Balaban J connectivity index is 1.83. The Kier molecular flexibility index (Phi) is 8.14. The van der Waals surface area contributed by atoms with E-state index in [4.69, 9.17) is 9.47 Å². The van der Waals surface area contributed by atoms with E-state index in [2.05, 4.69) is 45.1 Å². The minimum atomic E-state index is -0.603. The highest BCUT2D eigenvalue weighted by atomic mass is 16.6. The lowest BCUT2D eigenvalue weighted by atomic mass is 9.56. The summed E-state index contributed by atoms with van der Waals surface area (Å²) in [5.74, 6) is 0.898. The number of cyclic esters (lactones) is 1. The van der Waals surface area contributed by atoms with Gasteiger partial charge in [0.25, 0.3) is 0 Å². The van der Waals surface area contributed by atoms with Gasteiger partial charge in [0.1, 0.15) is 12.2 Å². The molecule has 0 unspecified atom stereocenters. The van der Waals surface area contributed by atoms with Gasteiger partial charge in [0.05, 0.1) is 17.9 Å². The van der Waals surface area contributed by atoms with Crippen LogP contribution < -0.4 is 0 Å². The quantitative estimate of drug-likeness (QED) is 0.395. The third-order valence-corrected chi connectivity index (χ3v) is 8.45. The zero-order valence-corrected chi connectivity index (χ0v) is 21.4. The average Bonchev–Trinajstić information content (AvgIpc) is 2.72. The number of ether oxygens (including phenoxy) is 2. The fourth-order valence-corrected chi connectivity index (χ4v) is 6.20. The molecule has 0 bridgehead atoms. The SMILES string of the molecule is C/C=C/[C@]1(C)C[C@H](OC(=O)C(C)(C)CC)[C@H]2[C@@H](CC[C@@H]3C[C@@H](O)CC(=O)O3)[C@@H](C)C=C[C@H]2C1. The molecule has 0 radical (unpaired) electrons. The lowest BCUT2D eigenvalue weighted by Crippen LogP contribution is -2.49. The second-order valence-corrected chi connectivity index (χ2v) is 11.7. The number of carbonyl (C=O) groups is 2. The molecule has 1 saturated carbocycles. The lowest BCUT2D eigenvalue weighted by Gasteiger charge is -2.51. The molecule has 0 spiro atoms. The highest BCUT2D eigenvalue weighted by Gasteiger charge is 2.49. The van der Waals surface area contributed by atoms with Crippen molar-refractivity contribution in [2.75, 3.05) is 0 Å². The van der Waals surface area contributed by atoms with E-state index in [1.165, 1.54) is 0 Å². The maximum Gasteiger partial charge on any atom is 0.311 e. The first-order valence-corrected chi connectivity index (χ1v) is 12.9. The Bertz CT molecular complexity index is 768. The van der Waals surface area contributed by atoms with Crippen LogP contribution in [0.1, 0.15) is 86.5 Å². The molecule has 1 saturated heterocycles. The van der Waals surface area contributed by atoms with Gasteiger partial charge in [0.2, 0.25) is 0 Å². The van der Waals surface area contributed by atoms with Gasteiger partial charge in [0, 0.05) is 12.3 Å². The summed E-state index contributed by atoms with van der Waals surface area (Å²) in [4.78, 5) is 24.9. The first-order valence-electron chi connectivity index (χ1n) is 12.9. The van der Waals surface area contributed by atoms with Crippen LogP contribution >= 0.6 is 0 Å². The van der Waals surface area contributed by atoms with Gasteiger partial charge < -0.3 is 14.6 Å². The van der Waals surface area contributed by atoms with Crippen LogP contribution in [0.15, 0.2) is 24.3 Å². The minimum Gasteiger partial charge on any atom is -0.462 e. The van der Waals surface area contributed by atoms with Crippen LogP contribution in [0.4, 0.5) is 0 Å². The van der Waals surface area contributed by atoms with Crippen molar-refractivity contribution in [2.45, 2.75) is 105 Å². The largest absolute Gasteiger partial charge is 0.462 e. The molecule has 3 rings (SSSR count). The summed E-state index contributed by atoms with van der Waals surface area (Å²) in [6, 6.07) is 0. The third kappa shape index (κ3) is 6.09. The van der Waals surface area contributed by atoms with Gasteiger partial charge >= 0.3 is 11.9 Å². The monoisotopic (exact) mass is 460 g/mol. The zero-order chi connectivity index (χ0) is 24.4. The second-order valence-electron chi connectivity index (χ2n) is 11.7. The molecule has 0 aromatic carbocycles. The van der Waals surface area contributed by atoms with Gasteiger partial charge in [-0.15, -0.1) is 0 Å². The summed E-state index contributed by atoms with van der Waals surface area (Å²) in [7, 11) is 0. The van der Waals surface area contributed by atoms with Crippen LogP contribution in [-0.2, 0) is 19.1 Å². The number of esters is 2. The van der Waals surface area contributed by atoms with Crippen molar-refractivity contribution in [1.29, 1.82) is 0 Å². The smallest absolute Gasteiger partial charge is 0.311 e. The molecular formula is C28H44O5. The average molecular weight is 461 g/mol. The maximum atomic E-state index is 13.1. The number of hydrogen-bond donors (Lipinski definition) is 1. The fraction of sp³-hybridized carbons (Fsp3) is 0.786. The van der Waals surface area contributed by atoms with Gasteiger partial charge in [-0.3, -0.25) is 9.59 Å². The molecule has 0 aromatic rings. The van der Waals surface area contributed by atoms with Crippen LogP contribution in [-0.4, -0.2) is 35.4 Å². The molecule has 1 aliphatic heterocycles. The van der Waals surface area contributed by atoms with Gasteiger partial charge in [-0.1, -0.05) is 45.1 Å². The summed E-state index contributed by atoms with van der Waals surface area (Å²) in [5, 5.41) is 10.00. The number of allylic oxidation sites excluding steroid dienone is 4. The van der Waals surface area contributed by atoms with Gasteiger partial charge in [-0.2, -0.15) is 0 Å². The van der Waals surface area contributed by atoms with Gasteiger partial charge in [0.15, 0.2) is 0 Å². The fourth-order valence-electron chi connectivity index (χ4n) is 6.20. The van der Waals surface area contributed by atoms with Crippen molar-refractivity contribution in [3.05, 3.63) is 24.3 Å². The van der Waals surface area contributed by atoms with E-state index in [9.17, 15) is 14.7 Å². The van der Waals surface area contributed by atoms with Crippen molar-refractivity contribution < 1.29 is 24.2 Å². The number of hydrogen-bond acceptors (Lipinski definition) is 5. The molecule has 2 aliphatic carbocycles. The molecule has 186 valence electrons. The summed E-state index contributed by atoms with van der Waals surface area (Å²) < 4.78 is 11.9. The molecule has 5 nitrogen and oxygen atoms in total. The van der Waals surface area contributed by atoms with E-state index in [0.29, 0.717) is 24.2 Å². The molecule has 1 heterocycles. The van der Waals surface area contributed by atoms with Crippen molar-refractivity contribution in [1.82, 2.24) is 0 Å². The topological polar surface area (TPSA) is 72.8 Å². The van der Waals surface area contributed by atoms with Crippen LogP contribution in [0.25, 0.3) is 0 Å². The molecule has 0 aromatic heterocycles. The third-order valence-electron chi connectivity index (χ3n) is 8.45. The normalized spacial score (nSPS) is 39.2. The van der Waals surface area contributed by atoms with Crippen molar-refractivity contribution in [2.24, 2.45) is 34.5 Å². The molecule has 2 fully saturated rings. The molecule has 33 heavy (non-hydrogen) atoms. The van der Waals surface area contributed by atoms with Crippen LogP contribution in [0.5, 0.6) is 0 Å². The first-order chi connectivity index (χ1) is 15.5. The highest BCUT2D eigenvalue weighted by molar-refractivity contribution is 5.76. The van der Waals surface area contributed by atoms with Crippen LogP contribution in [0.2, 0.25) is 0 Å². The Morgan fingerprint density at radius 2 is 2.03 bits per heavy atom. The van der Waals surface area contributed by atoms with Crippen molar-refractivity contribution >= 4 is 11.9 Å². The minimum absolute atomic E-state index is 0.00427. The Morgan fingerprint density at radius 1 is 1.30 bits per heavy atom. The van der Waals surface area contributed by atoms with Crippen LogP contribution in [0, 0.1) is 34.5 Å². The number of aliphatic hydroxyl groups excluding tert-OH is 1. The molecule has 8 atom stereocenters. The van der Waals surface area contributed by atoms with E-state index in [-0.39, 0.29) is 41.9 Å². The van der Waals surface area contributed by atoms with E-state index >= 15 is 0 Å². The number of rotatable bonds is 7. The Hall–Kier alpha value is -1.62. The van der Waals surface area contributed by atoms with E-state index < -0.39 is 11.5 Å². The maximum absolute atomic E-state index is 13.1. The number of aliphatic hydroxyl groups is 1. The summed E-state index contributed by atoms with van der Waals surface area (Å²) in [5.41, 5.74) is -0.502. The zero-order valence-electron chi connectivity index (χ0n) is 21.4.